The second-order valence-corrected chi connectivity index (χ2v) is 7.57. The quantitative estimate of drug-likeness (QED) is 0.376. The average molecular weight is 439 g/mol. The normalized spacial score (nSPS) is 12.2. The second kappa shape index (κ2) is 7.61. The maximum atomic E-state index is 12.5. The van der Waals surface area contributed by atoms with Crippen molar-refractivity contribution in [3.05, 3.63) is 80.7 Å². The van der Waals surface area contributed by atoms with Gasteiger partial charge in [-0.15, -0.1) is 0 Å². The van der Waals surface area contributed by atoms with Crippen LogP contribution in [0.5, 0.6) is 0 Å². The Balaban J connectivity index is 1.65. The van der Waals surface area contributed by atoms with Crippen LogP contribution in [0.3, 0.4) is 0 Å². The fourth-order valence-corrected chi connectivity index (χ4v) is 3.56. The lowest BCUT2D eigenvalue weighted by Gasteiger charge is -2.15. The van der Waals surface area contributed by atoms with Gasteiger partial charge in [-0.1, -0.05) is 34.1 Å². The summed E-state index contributed by atoms with van der Waals surface area (Å²) in [5, 5.41) is 13.7. The molecule has 0 radical (unpaired) electrons. The molecule has 28 heavy (non-hydrogen) atoms. The standard InChI is InChI=1S/C21H19BrN4O2/c1-12-5-6-15-17(9-12)26-20(25-15)19-16(7-8-23-21(19)28)24-11-18(27)13-3-2-4-14(22)10-13/h2-10,18,27H,11H2,1H3,(H,25,26)(H2,23,24,28). The van der Waals surface area contributed by atoms with E-state index >= 15 is 0 Å². The smallest absolute Gasteiger partial charge is 0.261 e. The fraction of sp³-hybridized carbons (Fsp3) is 0.143. The van der Waals surface area contributed by atoms with Crippen molar-refractivity contribution in [2.45, 2.75) is 13.0 Å². The van der Waals surface area contributed by atoms with Crippen LogP contribution in [0.1, 0.15) is 17.2 Å². The summed E-state index contributed by atoms with van der Waals surface area (Å²) < 4.78 is 0.901. The molecule has 0 bridgehead atoms. The van der Waals surface area contributed by atoms with Crippen molar-refractivity contribution in [3.63, 3.8) is 0 Å². The van der Waals surface area contributed by atoms with Gasteiger partial charge in [0, 0.05) is 17.2 Å². The number of halogens is 1. The van der Waals surface area contributed by atoms with E-state index in [1.807, 2.05) is 49.4 Å². The lowest BCUT2D eigenvalue weighted by atomic mass is 10.1. The van der Waals surface area contributed by atoms with Crippen LogP contribution < -0.4 is 10.9 Å². The predicted molar refractivity (Wildman–Crippen MR) is 114 cm³/mol. The highest BCUT2D eigenvalue weighted by Gasteiger charge is 2.16. The molecule has 2 heterocycles. The maximum Gasteiger partial charge on any atom is 0.261 e. The molecule has 2 aromatic carbocycles. The van der Waals surface area contributed by atoms with E-state index in [0.29, 0.717) is 17.1 Å². The van der Waals surface area contributed by atoms with Crippen LogP contribution in [-0.2, 0) is 0 Å². The minimum Gasteiger partial charge on any atom is -0.387 e. The molecule has 0 aliphatic rings. The van der Waals surface area contributed by atoms with E-state index < -0.39 is 6.10 Å². The van der Waals surface area contributed by atoms with Crippen molar-refractivity contribution in [2.24, 2.45) is 0 Å². The molecule has 0 spiro atoms. The topological polar surface area (TPSA) is 93.8 Å². The molecule has 0 aliphatic heterocycles. The number of aliphatic hydroxyl groups excluding tert-OH is 1. The van der Waals surface area contributed by atoms with Gasteiger partial charge >= 0.3 is 0 Å². The third kappa shape index (κ3) is 3.72. The highest BCUT2D eigenvalue weighted by molar-refractivity contribution is 9.10. The molecule has 4 rings (SSSR count). The van der Waals surface area contributed by atoms with Gasteiger partial charge in [0.15, 0.2) is 0 Å². The summed E-state index contributed by atoms with van der Waals surface area (Å²) in [6.07, 6.45) is 0.856. The number of aromatic nitrogens is 3. The van der Waals surface area contributed by atoms with Crippen LogP contribution in [0.25, 0.3) is 22.4 Å². The number of aryl methyl sites for hydroxylation is 1. The number of anilines is 1. The first-order valence-electron chi connectivity index (χ1n) is 8.87. The highest BCUT2D eigenvalue weighted by atomic mass is 79.9. The fourth-order valence-electron chi connectivity index (χ4n) is 3.14. The largest absolute Gasteiger partial charge is 0.387 e. The highest BCUT2D eigenvalue weighted by Crippen LogP contribution is 2.26. The van der Waals surface area contributed by atoms with Crippen molar-refractivity contribution in [1.82, 2.24) is 15.0 Å². The monoisotopic (exact) mass is 438 g/mol. The molecular formula is C21H19BrN4O2. The van der Waals surface area contributed by atoms with Gasteiger partial charge in [-0.05, 0) is 48.4 Å². The Morgan fingerprint density at radius 1 is 1.21 bits per heavy atom. The number of rotatable bonds is 5. The Kier molecular flexibility index (Phi) is 5.02. The van der Waals surface area contributed by atoms with Crippen LogP contribution in [0.2, 0.25) is 0 Å². The molecule has 1 atom stereocenters. The number of imidazole rings is 1. The molecular weight excluding hydrogens is 420 g/mol. The van der Waals surface area contributed by atoms with E-state index in [2.05, 4.69) is 36.2 Å². The third-order valence-electron chi connectivity index (χ3n) is 4.55. The number of nitrogens with one attached hydrogen (secondary N) is 3. The molecule has 0 aliphatic carbocycles. The van der Waals surface area contributed by atoms with Gasteiger partial charge in [-0.3, -0.25) is 4.79 Å². The van der Waals surface area contributed by atoms with Gasteiger partial charge < -0.3 is 20.4 Å². The van der Waals surface area contributed by atoms with Crippen LogP contribution in [0.15, 0.2) is 64.0 Å². The summed E-state index contributed by atoms with van der Waals surface area (Å²) in [4.78, 5) is 23.0. The second-order valence-electron chi connectivity index (χ2n) is 6.65. The predicted octanol–water partition coefficient (Wildman–Crippen LogP) is 4.13. The van der Waals surface area contributed by atoms with Gasteiger partial charge in [0.1, 0.15) is 11.4 Å². The number of aromatic amines is 2. The Morgan fingerprint density at radius 2 is 2.07 bits per heavy atom. The number of aliphatic hydroxyl groups is 1. The van der Waals surface area contributed by atoms with E-state index in [1.54, 1.807) is 12.3 Å². The van der Waals surface area contributed by atoms with Crippen LogP contribution in [-0.4, -0.2) is 26.6 Å². The number of nitrogens with zero attached hydrogens (tertiary/aromatic N) is 1. The van der Waals surface area contributed by atoms with Crippen molar-refractivity contribution < 1.29 is 5.11 Å². The average Bonchev–Trinajstić information content (AvgIpc) is 3.08. The van der Waals surface area contributed by atoms with Crippen molar-refractivity contribution in [3.8, 4) is 11.4 Å². The Morgan fingerprint density at radius 3 is 2.89 bits per heavy atom. The summed E-state index contributed by atoms with van der Waals surface area (Å²) in [7, 11) is 0. The van der Waals surface area contributed by atoms with Gasteiger partial charge in [-0.2, -0.15) is 0 Å². The van der Waals surface area contributed by atoms with Crippen molar-refractivity contribution >= 4 is 32.7 Å². The summed E-state index contributed by atoms with van der Waals surface area (Å²) in [5.74, 6) is 0.488. The Bertz CT molecular complexity index is 1200. The van der Waals surface area contributed by atoms with Crippen LogP contribution in [0.4, 0.5) is 5.69 Å². The number of fused-ring (bicyclic) bond motifs is 1. The van der Waals surface area contributed by atoms with Crippen molar-refractivity contribution in [1.29, 1.82) is 0 Å². The first kappa shape index (κ1) is 18.5. The first-order valence-corrected chi connectivity index (χ1v) is 9.66. The summed E-state index contributed by atoms with van der Waals surface area (Å²) in [5.41, 5.74) is 4.33. The first-order chi connectivity index (χ1) is 13.5. The number of hydrogen-bond donors (Lipinski definition) is 4. The van der Waals surface area contributed by atoms with E-state index in [9.17, 15) is 9.90 Å². The van der Waals surface area contributed by atoms with E-state index in [1.165, 1.54) is 0 Å². The molecule has 7 heteroatoms. The zero-order valence-corrected chi connectivity index (χ0v) is 16.7. The molecule has 2 aromatic heterocycles. The van der Waals surface area contributed by atoms with Crippen LogP contribution in [0, 0.1) is 6.92 Å². The van der Waals surface area contributed by atoms with Crippen LogP contribution >= 0.6 is 15.9 Å². The van der Waals surface area contributed by atoms with Gasteiger partial charge in [0.05, 0.1) is 22.8 Å². The lowest BCUT2D eigenvalue weighted by Crippen LogP contribution is -2.17. The van der Waals surface area contributed by atoms with Gasteiger partial charge in [-0.25, -0.2) is 4.98 Å². The number of H-pyrrole nitrogens is 2. The number of pyridine rings is 1. The molecule has 0 saturated heterocycles. The van der Waals surface area contributed by atoms with Crippen molar-refractivity contribution in [2.75, 3.05) is 11.9 Å². The minimum atomic E-state index is -0.719. The van der Waals surface area contributed by atoms with Gasteiger partial charge in [0.25, 0.3) is 5.56 Å². The minimum absolute atomic E-state index is 0.252. The molecule has 0 saturated carbocycles. The van der Waals surface area contributed by atoms with E-state index in [0.717, 1.165) is 26.6 Å². The Labute approximate surface area is 169 Å². The third-order valence-corrected chi connectivity index (χ3v) is 5.05. The van der Waals surface area contributed by atoms with Gasteiger partial charge in [0.2, 0.25) is 0 Å². The molecule has 1 unspecified atom stereocenters. The summed E-state index contributed by atoms with van der Waals surface area (Å²) >= 11 is 3.41. The maximum absolute atomic E-state index is 12.5. The summed E-state index contributed by atoms with van der Waals surface area (Å²) in [6, 6.07) is 15.2. The van der Waals surface area contributed by atoms with E-state index in [4.69, 9.17) is 0 Å². The molecule has 0 fully saturated rings. The SMILES string of the molecule is Cc1ccc2nc(-c3c(NCC(O)c4cccc(Br)c4)cc[nH]c3=O)[nH]c2c1. The summed E-state index contributed by atoms with van der Waals surface area (Å²) in [6.45, 7) is 2.26. The molecule has 0 amide bonds. The molecule has 4 N–H and O–H groups in total. The molecule has 142 valence electrons. The number of benzene rings is 2. The molecule has 6 nitrogen and oxygen atoms in total. The van der Waals surface area contributed by atoms with E-state index in [-0.39, 0.29) is 12.1 Å². The Hall–Kier alpha value is -2.90. The zero-order valence-electron chi connectivity index (χ0n) is 15.2. The molecule has 4 aromatic rings. The lowest BCUT2D eigenvalue weighted by molar-refractivity contribution is 0.191. The number of hydrogen-bond acceptors (Lipinski definition) is 4. The zero-order chi connectivity index (χ0) is 19.7.